The first-order chi connectivity index (χ1) is 14.5. The van der Waals surface area contributed by atoms with Gasteiger partial charge in [0.2, 0.25) is 5.91 Å². The summed E-state index contributed by atoms with van der Waals surface area (Å²) in [5, 5.41) is 13.0. The van der Waals surface area contributed by atoms with Crippen molar-refractivity contribution < 1.29 is 4.79 Å². The van der Waals surface area contributed by atoms with Crippen LogP contribution in [0.25, 0.3) is 0 Å². The molecule has 1 amide bonds. The van der Waals surface area contributed by atoms with Crippen LogP contribution in [0.15, 0.2) is 66.3 Å². The number of nitrogens with one attached hydrogen (secondary N) is 1. The molecule has 0 fully saturated rings. The molecule has 0 aliphatic heterocycles. The second kappa shape index (κ2) is 11.8. The number of carbonyl (C=O) groups is 1. The van der Waals surface area contributed by atoms with E-state index in [0.29, 0.717) is 6.54 Å². The summed E-state index contributed by atoms with van der Waals surface area (Å²) in [6.07, 6.45) is 1.81. The van der Waals surface area contributed by atoms with E-state index in [0.717, 1.165) is 36.8 Å². The van der Waals surface area contributed by atoms with E-state index in [1.807, 2.05) is 59.2 Å². The van der Waals surface area contributed by atoms with E-state index in [-0.39, 0.29) is 11.7 Å². The van der Waals surface area contributed by atoms with Crippen molar-refractivity contribution >= 4 is 69.3 Å². The smallest absolute Gasteiger partial charge is 0.234 e. The number of anilines is 1. The van der Waals surface area contributed by atoms with E-state index in [9.17, 15) is 4.79 Å². The van der Waals surface area contributed by atoms with E-state index in [1.54, 1.807) is 11.8 Å². The van der Waals surface area contributed by atoms with Gasteiger partial charge in [-0.2, -0.15) is 0 Å². The number of amides is 1. The first-order valence-electron chi connectivity index (χ1n) is 9.08. The average molecular weight is 571 g/mol. The molecule has 0 atom stereocenters. The Hall–Kier alpha value is -1.49. The van der Waals surface area contributed by atoms with E-state index in [2.05, 4.69) is 44.7 Å². The zero-order valence-electron chi connectivity index (χ0n) is 16.1. The van der Waals surface area contributed by atoms with Crippen LogP contribution in [-0.4, -0.2) is 26.4 Å². The molecule has 1 heterocycles. The molecule has 0 saturated carbocycles. The number of benzene rings is 2. The number of rotatable bonds is 10. The van der Waals surface area contributed by atoms with E-state index in [1.165, 1.54) is 17.3 Å². The Kier molecular flexibility index (Phi) is 9.10. The molecule has 9 heteroatoms. The molecule has 30 heavy (non-hydrogen) atoms. The molecule has 1 N–H and O–H groups in total. The Morgan fingerprint density at radius 3 is 2.57 bits per heavy atom. The highest BCUT2D eigenvalue weighted by molar-refractivity contribution is 14.1. The van der Waals surface area contributed by atoms with Gasteiger partial charge in [0.15, 0.2) is 5.16 Å². The van der Waals surface area contributed by atoms with Crippen molar-refractivity contribution in [3.05, 3.63) is 81.2 Å². The minimum Gasteiger partial charge on any atom is -0.325 e. The zero-order chi connectivity index (χ0) is 21.3. The van der Waals surface area contributed by atoms with Crippen LogP contribution in [-0.2, 0) is 22.8 Å². The van der Waals surface area contributed by atoms with Crippen LogP contribution >= 0.6 is 57.7 Å². The molecule has 3 rings (SSSR count). The molecule has 0 aliphatic carbocycles. The molecule has 5 nitrogen and oxygen atoms in total. The monoisotopic (exact) mass is 570 g/mol. The van der Waals surface area contributed by atoms with Gasteiger partial charge < -0.3 is 9.88 Å². The number of carbonyl (C=O) groups excluding carboxylic acids is 1. The van der Waals surface area contributed by atoms with Gasteiger partial charge in [0, 0.05) is 26.6 Å². The number of hydrogen-bond donors (Lipinski definition) is 1. The maximum Gasteiger partial charge on any atom is 0.234 e. The summed E-state index contributed by atoms with van der Waals surface area (Å²) >= 11 is 11.3. The largest absolute Gasteiger partial charge is 0.325 e. The van der Waals surface area contributed by atoms with E-state index in [4.69, 9.17) is 11.6 Å². The Morgan fingerprint density at radius 1 is 1.13 bits per heavy atom. The third-order valence-electron chi connectivity index (χ3n) is 3.98. The summed E-state index contributed by atoms with van der Waals surface area (Å²) in [4.78, 5) is 12.3. The van der Waals surface area contributed by atoms with Gasteiger partial charge in [0.25, 0.3) is 0 Å². The Bertz CT molecular complexity index is 993. The summed E-state index contributed by atoms with van der Waals surface area (Å²) in [6.45, 7) is 4.43. The van der Waals surface area contributed by atoms with E-state index >= 15 is 0 Å². The van der Waals surface area contributed by atoms with Gasteiger partial charge in [-0.25, -0.2) is 0 Å². The van der Waals surface area contributed by atoms with Gasteiger partial charge in [-0.05, 0) is 64.6 Å². The molecule has 0 unspecified atom stereocenters. The fraction of sp³-hybridized carbons (Fsp3) is 0.190. The lowest BCUT2D eigenvalue weighted by molar-refractivity contribution is -0.113. The molecule has 0 radical (unpaired) electrons. The second-order valence-electron chi connectivity index (χ2n) is 6.26. The Morgan fingerprint density at radius 2 is 1.87 bits per heavy atom. The van der Waals surface area contributed by atoms with Crippen molar-refractivity contribution in [3.63, 3.8) is 0 Å². The summed E-state index contributed by atoms with van der Waals surface area (Å²) in [7, 11) is 0. The molecule has 1 aromatic heterocycles. The maximum absolute atomic E-state index is 12.3. The lowest BCUT2D eigenvalue weighted by atomic mass is 10.2. The van der Waals surface area contributed by atoms with Crippen molar-refractivity contribution in [2.45, 2.75) is 23.2 Å². The highest BCUT2D eigenvalue weighted by Crippen LogP contribution is 2.23. The van der Waals surface area contributed by atoms with Crippen LogP contribution in [0.5, 0.6) is 0 Å². The summed E-state index contributed by atoms with van der Waals surface area (Å²) in [5.74, 6) is 2.64. The topological polar surface area (TPSA) is 59.8 Å². The highest BCUT2D eigenvalue weighted by atomic mass is 127. The van der Waals surface area contributed by atoms with Crippen molar-refractivity contribution in [1.82, 2.24) is 14.8 Å². The number of aromatic nitrogens is 3. The zero-order valence-corrected chi connectivity index (χ0v) is 20.6. The molecular weight excluding hydrogens is 551 g/mol. The van der Waals surface area contributed by atoms with Gasteiger partial charge in [-0.3, -0.25) is 4.79 Å². The minimum atomic E-state index is -0.0759. The quantitative estimate of drug-likeness (QED) is 0.187. The van der Waals surface area contributed by atoms with Crippen LogP contribution in [0.4, 0.5) is 5.69 Å². The lowest BCUT2D eigenvalue weighted by Crippen LogP contribution is -2.14. The number of nitrogens with zero attached hydrogens (tertiary/aromatic N) is 3. The van der Waals surface area contributed by atoms with E-state index < -0.39 is 0 Å². The van der Waals surface area contributed by atoms with Crippen molar-refractivity contribution in [2.75, 3.05) is 11.1 Å². The van der Waals surface area contributed by atoms with Crippen LogP contribution in [0.3, 0.4) is 0 Å². The first kappa shape index (κ1) is 23.2. The first-order valence-corrected chi connectivity index (χ1v) is 12.7. The molecular formula is C21H20ClIN4OS2. The number of allylic oxidation sites excluding steroid dienone is 1. The molecule has 0 saturated heterocycles. The molecule has 0 aliphatic rings. The van der Waals surface area contributed by atoms with Crippen LogP contribution in [0.2, 0.25) is 5.02 Å². The third kappa shape index (κ3) is 7.04. The van der Waals surface area contributed by atoms with Crippen molar-refractivity contribution in [2.24, 2.45) is 0 Å². The SMILES string of the molecule is C=CCn1c(CSCc2ccc(Cl)cc2)nnc1SCC(=O)Nc1ccc(I)cc1. The lowest BCUT2D eigenvalue weighted by Gasteiger charge is -2.08. The number of halogens is 2. The van der Waals surface area contributed by atoms with Gasteiger partial charge in [0.1, 0.15) is 5.82 Å². The van der Waals surface area contributed by atoms with Crippen molar-refractivity contribution in [3.8, 4) is 0 Å². The van der Waals surface area contributed by atoms with Gasteiger partial charge in [-0.1, -0.05) is 41.6 Å². The number of thioether (sulfide) groups is 2. The van der Waals surface area contributed by atoms with Gasteiger partial charge in [-0.15, -0.1) is 28.5 Å². The standard InChI is InChI=1S/C21H20ClIN4OS2/c1-2-11-27-19(13-29-12-15-3-5-16(22)6-4-15)25-26-21(27)30-14-20(28)24-18-9-7-17(23)8-10-18/h2-10H,1,11-14H2,(H,24,28). The predicted octanol–water partition coefficient (Wildman–Crippen LogP) is 5.89. The Balaban J connectivity index is 1.55. The van der Waals surface area contributed by atoms with Crippen LogP contribution < -0.4 is 5.32 Å². The summed E-state index contributed by atoms with van der Waals surface area (Å²) in [6, 6.07) is 15.5. The second-order valence-corrected chi connectivity index (χ2v) is 9.87. The normalized spacial score (nSPS) is 10.7. The molecule has 2 aromatic carbocycles. The molecule has 156 valence electrons. The highest BCUT2D eigenvalue weighted by Gasteiger charge is 2.14. The summed E-state index contributed by atoms with van der Waals surface area (Å²) in [5.41, 5.74) is 1.99. The fourth-order valence-corrected chi connectivity index (χ4v) is 4.72. The third-order valence-corrected chi connectivity index (χ3v) is 6.92. The molecule has 3 aromatic rings. The van der Waals surface area contributed by atoms with Gasteiger partial charge in [0.05, 0.1) is 11.5 Å². The van der Waals surface area contributed by atoms with Gasteiger partial charge >= 0.3 is 0 Å². The predicted molar refractivity (Wildman–Crippen MR) is 135 cm³/mol. The fourth-order valence-electron chi connectivity index (χ4n) is 2.55. The summed E-state index contributed by atoms with van der Waals surface area (Å²) < 4.78 is 3.13. The average Bonchev–Trinajstić information content (AvgIpc) is 3.12. The van der Waals surface area contributed by atoms with Crippen LogP contribution in [0, 0.1) is 3.57 Å². The van der Waals surface area contributed by atoms with Crippen LogP contribution in [0.1, 0.15) is 11.4 Å². The Labute approximate surface area is 203 Å². The molecule has 0 spiro atoms. The minimum absolute atomic E-state index is 0.0759. The van der Waals surface area contributed by atoms with Crippen molar-refractivity contribution in [1.29, 1.82) is 0 Å². The molecule has 0 bridgehead atoms. The maximum atomic E-state index is 12.3. The number of hydrogen-bond acceptors (Lipinski definition) is 5.